The second-order valence-corrected chi connectivity index (χ2v) is 7.66. The van der Waals surface area contributed by atoms with Crippen molar-refractivity contribution in [3.05, 3.63) is 35.9 Å². The van der Waals surface area contributed by atoms with Crippen molar-refractivity contribution in [1.29, 1.82) is 0 Å². The summed E-state index contributed by atoms with van der Waals surface area (Å²) < 4.78 is 17.6. The first kappa shape index (κ1) is 17.3. The molecule has 0 saturated carbocycles. The molecule has 1 aromatic rings. The summed E-state index contributed by atoms with van der Waals surface area (Å²) in [6.45, 7) is 9.80. The third-order valence-corrected chi connectivity index (χ3v) is 5.34. The average molecular weight is 331 g/mol. The Morgan fingerprint density at radius 1 is 1.21 bits per heavy atom. The van der Waals surface area contributed by atoms with E-state index in [0.717, 1.165) is 12.0 Å². The summed E-state index contributed by atoms with van der Waals surface area (Å²) in [5.41, 5.74) is 0.324. The lowest BCUT2D eigenvalue weighted by atomic mass is 9.71. The van der Waals surface area contributed by atoms with Crippen molar-refractivity contribution in [1.82, 2.24) is 4.90 Å². The Bertz CT molecular complexity index is 574. The third-order valence-electron chi connectivity index (χ3n) is 5.34. The predicted octanol–water partition coefficient (Wildman–Crippen LogP) is 3.49. The van der Waals surface area contributed by atoms with Crippen molar-refractivity contribution in [2.24, 2.45) is 0 Å². The Labute approximate surface area is 144 Å². The van der Waals surface area contributed by atoms with Crippen LogP contribution in [-0.4, -0.2) is 42.4 Å². The number of benzene rings is 1. The zero-order chi connectivity index (χ0) is 17.4. The van der Waals surface area contributed by atoms with Gasteiger partial charge in [-0.25, -0.2) is 4.79 Å². The minimum atomic E-state index is -0.334. The number of ether oxygens (including phenoxy) is 1. The summed E-state index contributed by atoms with van der Waals surface area (Å²) in [7, 11) is -0.262. The molecule has 24 heavy (non-hydrogen) atoms. The van der Waals surface area contributed by atoms with Gasteiger partial charge in [-0.2, -0.15) is 0 Å². The molecule has 0 radical (unpaired) electrons. The van der Waals surface area contributed by atoms with E-state index in [2.05, 4.69) is 0 Å². The van der Waals surface area contributed by atoms with Gasteiger partial charge in [-0.15, -0.1) is 0 Å². The Hall–Kier alpha value is -1.53. The van der Waals surface area contributed by atoms with E-state index in [1.54, 1.807) is 4.90 Å². The zero-order valence-corrected chi connectivity index (χ0v) is 15.0. The number of hydrogen-bond acceptors (Lipinski definition) is 4. The van der Waals surface area contributed by atoms with Crippen LogP contribution in [-0.2, 0) is 20.7 Å². The summed E-state index contributed by atoms with van der Waals surface area (Å²) in [6, 6.07) is 9.72. The van der Waals surface area contributed by atoms with Gasteiger partial charge in [0.2, 0.25) is 0 Å². The zero-order valence-electron chi connectivity index (χ0n) is 15.0. The molecule has 2 heterocycles. The maximum absolute atomic E-state index is 12.3. The van der Waals surface area contributed by atoms with Gasteiger partial charge in [-0.3, -0.25) is 0 Å². The normalized spacial score (nSPS) is 25.1. The molecule has 1 aromatic carbocycles. The van der Waals surface area contributed by atoms with Crippen LogP contribution in [0, 0.1) is 0 Å². The lowest BCUT2D eigenvalue weighted by molar-refractivity contribution is 0.00578. The first-order valence-electron chi connectivity index (χ1n) is 8.60. The molecule has 2 fully saturated rings. The van der Waals surface area contributed by atoms with Crippen LogP contribution in [0.25, 0.3) is 0 Å². The molecule has 2 saturated heterocycles. The van der Waals surface area contributed by atoms with Gasteiger partial charge < -0.3 is 18.9 Å². The van der Waals surface area contributed by atoms with E-state index in [0.29, 0.717) is 19.7 Å². The lowest BCUT2D eigenvalue weighted by Crippen LogP contribution is -2.41. The van der Waals surface area contributed by atoms with Gasteiger partial charge >= 0.3 is 13.2 Å². The summed E-state index contributed by atoms with van der Waals surface area (Å²) in [5, 5.41) is 0. The highest BCUT2D eigenvalue weighted by Crippen LogP contribution is 2.42. The van der Waals surface area contributed by atoms with Gasteiger partial charge in [0.1, 0.15) is 6.61 Å². The second kappa shape index (κ2) is 6.41. The molecule has 0 aliphatic carbocycles. The molecule has 2 aliphatic rings. The summed E-state index contributed by atoms with van der Waals surface area (Å²) in [5.74, 6) is 0.190. The number of rotatable bonds is 3. The Morgan fingerprint density at radius 2 is 1.83 bits per heavy atom. The number of hydrogen-bond donors (Lipinski definition) is 0. The van der Waals surface area contributed by atoms with Gasteiger partial charge in [-0.05, 0) is 39.7 Å². The second-order valence-electron chi connectivity index (χ2n) is 7.66. The van der Waals surface area contributed by atoms with Gasteiger partial charge in [0.05, 0.1) is 11.2 Å². The van der Waals surface area contributed by atoms with Crippen LogP contribution in [0.4, 0.5) is 4.79 Å². The fourth-order valence-electron chi connectivity index (χ4n) is 3.07. The SMILES string of the molecule is CC1(C)OB(C2CCN(C(=O)OCc3ccccc3)C2)OC1(C)C. The van der Waals surface area contributed by atoms with E-state index in [9.17, 15) is 4.79 Å². The van der Waals surface area contributed by atoms with Crippen molar-refractivity contribution >= 4 is 13.2 Å². The minimum Gasteiger partial charge on any atom is -0.445 e. The Kier molecular flexibility index (Phi) is 4.62. The maximum Gasteiger partial charge on any atom is 0.463 e. The molecule has 2 aliphatic heterocycles. The summed E-state index contributed by atoms with van der Waals surface area (Å²) in [6.07, 6.45) is 0.606. The molecule has 5 nitrogen and oxygen atoms in total. The Morgan fingerprint density at radius 3 is 2.46 bits per heavy atom. The fourth-order valence-corrected chi connectivity index (χ4v) is 3.07. The van der Waals surface area contributed by atoms with Crippen LogP contribution in [0.5, 0.6) is 0 Å². The number of carbonyl (C=O) groups is 1. The van der Waals surface area contributed by atoms with Crippen molar-refractivity contribution < 1.29 is 18.8 Å². The third kappa shape index (κ3) is 3.45. The Balaban J connectivity index is 1.51. The highest BCUT2D eigenvalue weighted by Gasteiger charge is 2.54. The van der Waals surface area contributed by atoms with Gasteiger partial charge in [0.25, 0.3) is 0 Å². The molecular formula is C18H26BNO4. The van der Waals surface area contributed by atoms with Crippen molar-refractivity contribution in [2.45, 2.75) is 57.7 Å². The van der Waals surface area contributed by atoms with Crippen molar-refractivity contribution in [3.8, 4) is 0 Å². The number of likely N-dealkylation sites (tertiary alicyclic amines) is 1. The molecule has 0 bridgehead atoms. The molecule has 1 unspecified atom stereocenters. The molecule has 130 valence electrons. The van der Waals surface area contributed by atoms with Crippen LogP contribution >= 0.6 is 0 Å². The van der Waals surface area contributed by atoms with Gasteiger partial charge in [0, 0.05) is 18.9 Å². The molecule has 1 amide bonds. The summed E-state index contributed by atoms with van der Waals surface area (Å²) in [4.78, 5) is 14.0. The number of amides is 1. The highest BCUT2D eigenvalue weighted by atomic mass is 16.7. The number of nitrogens with zero attached hydrogens (tertiary/aromatic N) is 1. The smallest absolute Gasteiger partial charge is 0.445 e. The van der Waals surface area contributed by atoms with E-state index in [1.807, 2.05) is 58.0 Å². The standard InChI is InChI=1S/C18H26BNO4/c1-17(2)18(3,4)24-19(23-17)15-10-11-20(12-15)16(21)22-13-14-8-6-5-7-9-14/h5-9,15H,10-13H2,1-4H3. The van der Waals surface area contributed by atoms with Crippen LogP contribution in [0.1, 0.15) is 39.7 Å². The predicted molar refractivity (Wildman–Crippen MR) is 92.6 cm³/mol. The lowest BCUT2D eigenvalue weighted by Gasteiger charge is -2.32. The molecule has 1 atom stereocenters. The van der Waals surface area contributed by atoms with Gasteiger partial charge in [0.15, 0.2) is 0 Å². The molecule has 0 aromatic heterocycles. The minimum absolute atomic E-state index is 0.190. The van der Waals surface area contributed by atoms with Crippen LogP contribution < -0.4 is 0 Å². The average Bonchev–Trinajstić information content (AvgIpc) is 3.09. The topological polar surface area (TPSA) is 48.0 Å². The quantitative estimate of drug-likeness (QED) is 0.796. The maximum atomic E-state index is 12.3. The van der Waals surface area contributed by atoms with Gasteiger partial charge in [-0.1, -0.05) is 30.3 Å². The van der Waals surface area contributed by atoms with Crippen LogP contribution in [0.3, 0.4) is 0 Å². The van der Waals surface area contributed by atoms with E-state index < -0.39 is 0 Å². The van der Waals surface area contributed by atoms with E-state index in [-0.39, 0.29) is 30.2 Å². The first-order chi connectivity index (χ1) is 11.3. The molecule has 6 heteroatoms. The molecular weight excluding hydrogens is 305 g/mol. The first-order valence-corrected chi connectivity index (χ1v) is 8.60. The number of carbonyl (C=O) groups excluding carboxylic acids is 1. The van der Waals surface area contributed by atoms with Crippen molar-refractivity contribution in [3.63, 3.8) is 0 Å². The summed E-state index contributed by atoms with van der Waals surface area (Å²) >= 11 is 0. The van der Waals surface area contributed by atoms with Crippen molar-refractivity contribution in [2.75, 3.05) is 13.1 Å². The van der Waals surface area contributed by atoms with E-state index in [4.69, 9.17) is 14.0 Å². The van der Waals surface area contributed by atoms with E-state index >= 15 is 0 Å². The fraction of sp³-hybridized carbons (Fsp3) is 0.611. The van der Waals surface area contributed by atoms with Crippen LogP contribution in [0.15, 0.2) is 30.3 Å². The van der Waals surface area contributed by atoms with E-state index in [1.165, 1.54) is 0 Å². The molecule has 0 spiro atoms. The van der Waals surface area contributed by atoms with Crippen LogP contribution in [0.2, 0.25) is 5.82 Å². The monoisotopic (exact) mass is 331 g/mol. The largest absolute Gasteiger partial charge is 0.463 e. The molecule has 0 N–H and O–H groups in total. The molecule has 3 rings (SSSR count). The highest BCUT2D eigenvalue weighted by molar-refractivity contribution is 6.47.